The fourth-order valence-electron chi connectivity index (χ4n) is 5.53. The van der Waals surface area contributed by atoms with Crippen molar-refractivity contribution in [1.82, 2.24) is 14.5 Å². The summed E-state index contributed by atoms with van der Waals surface area (Å²) in [5.41, 5.74) is 4.97. The lowest BCUT2D eigenvalue weighted by Crippen LogP contribution is -2.33. The molecule has 0 radical (unpaired) electrons. The van der Waals surface area contributed by atoms with E-state index in [0.717, 1.165) is 68.9 Å². The fourth-order valence-corrected chi connectivity index (χ4v) is 6.14. The van der Waals surface area contributed by atoms with Crippen LogP contribution in [-0.2, 0) is 24.1 Å². The molecule has 3 rings (SSSR count). The van der Waals surface area contributed by atoms with Crippen molar-refractivity contribution in [2.45, 2.75) is 72.8 Å². The van der Waals surface area contributed by atoms with E-state index in [4.69, 9.17) is 32.9 Å². The lowest BCUT2D eigenvalue weighted by molar-refractivity contribution is 0.264. The zero-order valence-electron chi connectivity index (χ0n) is 29.4. The van der Waals surface area contributed by atoms with Gasteiger partial charge in [0, 0.05) is 55.7 Å². The molecule has 0 amide bonds. The summed E-state index contributed by atoms with van der Waals surface area (Å²) in [6, 6.07) is 21.3. The molecular formula is C41H55Cl2N3O. The van der Waals surface area contributed by atoms with E-state index >= 15 is 0 Å². The highest BCUT2D eigenvalue weighted by Crippen LogP contribution is 2.30. The molecule has 6 heteroatoms. The van der Waals surface area contributed by atoms with E-state index in [1.807, 2.05) is 19.1 Å². The third-order valence-electron chi connectivity index (χ3n) is 7.87. The number of imidazole rings is 1. The number of rotatable bonds is 18. The van der Waals surface area contributed by atoms with Gasteiger partial charge >= 0.3 is 0 Å². The molecule has 0 saturated carbocycles. The molecule has 0 aliphatic rings. The Morgan fingerprint density at radius 3 is 2.17 bits per heavy atom. The van der Waals surface area contributed by atoms with Crippen molar-refractivity contribution in [3.05, 3.63) is 137 Å². The molecule has 4 nitrogen and oxygen atoms in total. The number of nitrogens with zero attached hydrogens (tertiary/aromatic N) is 3. The monoisotopic (exact) mass is 675 g/mol. The molecule has 1 heterocycles. The van der Waals surface area contributed by atoms with Gasteiger partial charge in [-0.15, -0.1) is 13.2 Å². The maximum absolute atomic E-state index is 6.67. The summed E-state index contributed by atoms with van der Waals surface area (Å²) in [5.74, 6) is 1.79. The summed E-state index contributed by atoms with van der Waals surface area (Å²) >= 11 is 12.9. The molecule has 0 bridgehead atoms. The van der Waals surface area contributed by atoms with Crippen LogP contribution in [0.3, 0.4) is 0 Å². The quantitative estimate of drug-likeness (QED) is 0.0763. The normalized spacial score (nSPS) is 13.5. The Morgan fingerprint density at radius 2 is 1.62 bits per heavy atom. The molecule has 0 saturated heterocycles. The zero-order chi connectivity index (χ0) is 34.6. The van der Waals surface area contributed by atoms with E-state index in [0.29, 0.717) is 15.8 Å². The molecule has 254 valence electrons. The maximum atomic E-state index is 6.67. The van der Waals surface area contributed by atoms with Crippen LogP contribution in [0, 0.1) is 5.92 Å². The molecule has 0 aliphatic heterocycles. The topological polar surface area (TPSA) is 30.3 Å². The van der Waals surface area contributed by atoms with Crippen LogP contribution in [0.1, 0.15) is 70.3 Å². The third kappa shape index (κ3) is 13.0. The Morgan fingerprint density at radius 1 is 1.00 bits per heavy atom. The molecule has 47 heavy (non-hydrogen) atoms. The predicted octanol–water partition coefficient (Wildman–Crippen LogP) is 11.4. The van der Waals surface area contributed by atoms with Crippen LogP contribution in [0.15, 0.2) is 120 Å². The maximum Gasteiger partial charge on any atom is 0.151 e. The second-order valence-electron chi connectivity index (χ2n) is 11.6. The molecule has 0 spiro atoms. The van der Waals surface area contributed by atoms with Crippen LogP contribution in [0.5, 0.6) is 0 Å². The number of aromatic nitrogens is 2. The Labute approximate surface area is 295 Å². The Balaban J connectivity index is 0.00000246. The fraction of sp³-hybridized carbons (Fsp3) is 0.390. The van der Waals surface area contributed by atoms with Gasteiger partial charge in [-0.2, -0.15) is 0 Å². The Kier molecular flexibility index (Phi) is 18.9. The number of benzene rings is 2. The second-order valence-corrected chi connectivity index (χ2v) is 12.6. The van der Waals surface area contributed by atoms with Gasteiger partial charge in [-0.1, -0.05) is 135 Å². The van der Waals surface area contributed by atoms with Crippen LogP contribution in [0.2, 0.25) is 0 Å². The first kappa shape index (κ1) is 39.9. The first-order valence-corrected chi connectivity index (χ1v) is 17.5. The van der Waals surface area contributed by atoms with Gasteiger partial charge in [0.15, 0.2) is 5.76 Å². The van der Waals surface area contributed by atoms with E-state index in [9.17, 15) is 0 Å². The van der Waals surface area contributed by atoms with Gasteiger partial charge in [0.1, 0.15) is 5.82 Å². The summed E-state index contributed by atoms with van der Waals surface area (Å²) in [6.45, 7) is 21.3. The number of hydrogen-bond donors (Lipinski definition) is 0. The highest BCUT2D eigenvalue weighted by atomic mass is 35.5. The molecule has 0 fully saturated rings. The smallest absolute Gasteiger partial charge is 0.151 e. The number of ether oxygens (including phenoxy) is 1. The number of allylic oxidation sites excluding steroid dienone is 5. The van der Waals surface area contributed by atoms with Gasteiger partial charge in [-0.25, -0.2) is 4.98 Å². The van der Waals surface area contributed by atoms with Crippen molar-refractivity contribution in [1.29, 1.82) is 0 Å². The summed E-state index contributed by atoms with van der Waals surface area (Å²) < 4.78 is 7.93. The Hall–Kier alpha value is -3.31. The van der Waals surface area contributed by atoms with Crippen LogP contribution < -0.4 is 0 Å². The molecule has 0 aliphatic carbocycles. The second kappa shape index (κ2) is 22.3. The predicted molar refractivity (Wildman–Crippen MR) is 205 cm³/mol. The minimum absolute atomic E-state index is 0.0192. The minimum Gasteiger partial charge on any atom is -0.494 e. The number of halogens is 2. The van der Waals surface area contributed by atoms with Gasteiger partial charge in [0.25, 0.3) is 0 Å². The van der Waals surface area contributed by atoms with Gasteiger partial charge < -0.3 is 14.2 Å². The lowest BCUT2D eigenvalue weighted by Gasteiger charge is -2.26. The molecule has 2 aromatic carbocycles. The summed E-state index contributed by atoms with van der Waals surface area (Å²) in [6.07, 6.45) is 14.2. The van der Waals surface area contributed by atoms with Crippen LogP contribution in [0.4, 0.5) is 0 Å². The van der Waals surface area contributed by atoms with Crippen molar-refractivity contribution < 1.29 is 4.74 Å². The summed E-state index contributed by atoms with van der Waals surface area (Å²) in [5, 5.41) is 1.02. The number of hydrogen-bond acceptors (Lipinski definition) is 3. The molecular weight excluding hydrogens is 621 g/mol. The van der Waals surface area contributed by atoms with Gasteiger partial charge in [0.05, 0.1) is 22.9 Å². The SMILES string of the molecule is C=CC.C=CC(/C=C(Cl)\C(OC)=C(/C)Cl)CN(CCc1ccccc1)CCc1c(C(C)/C=C\C)nc(-c2ccccc2)n1CCCC. The molecule has 1 aromatic heterocycles. The van der Waals surface area contributed by atoms with Crippen molar-refractivity contribution in [3.63, 3.8) is 0 Å². The standard InChI is InChI=1S/C38H49Cl2N3O.C3H6/c1-7-10-24-43-35(36(29(4)17-8-2)41-38(43)33-20-15-12-16-21-33)23-26-42(25-22-32-18-13-11-14-19-32)28-31(9-3)27-34(40)37(44-6)30(5)39;1-3-2/h8-9,11-21,27,29,31H,3,7,10,22-26,28H2,1-2,4-6H3;3H,1H2,2H3/b17-8-,34-27+,37-30-;. The van der Waals surface area contributed by atoms with Crippen LogP contribution in [-0.4, -0.2) is 41.2 Å². The number of unbranched alkanes of at least 4 members (excludes halogenated alkanes) is 1. The van der Waals surface area contributed by atoms with E-state index in [1.54, 1.807) is 20.1 Å². The first-order chi connectivity index (χ1) is 22.7. The Bertz CT molecular complexity index is 1440. The summed E-state index contributed by atoms with van der Waals surface area (Å²) in [4.78, 5) is 7.82. The number of methoxy groups -OCH3 is 1. The largest absolute Gasteiger partial charge is 0.494 e. The molecule has 0 N–H and O–H groups in total. The van der Waals surface area contributed by atoms with E-state index in [-0.39, 0.29) is 11.8 Å². The van der Waals surface area contributed by atoms with E-state index in [2.05, 4.69) is 116 Å². The third-order valence-corrected chi connectivity index (χ3v) is 8.34. The van der Waals surface area contributed by atoms with Crippen molar-refractivity contribution in [3.8, 4) is 11.4 Å². The highest BCUT2D eigenvalue weighted by molar-refractivity contribution is 6.35. The molecule has 3 aromatic rings. The average molecular weight is 677 g/mol. The minimum atomic E-state index is 0.0192. The van der Waals surface area contributed by atoms with Crippen molar-refractivity contribution >= 4 is 23.2 Å². The van der Waals surface area contributed by atoms with Gasteiger partial charge in [-0.05, 0) is 39.2 Å². The average Bonchev–Trinajstić information content (AvgIpc) is 3.44. The zero-order valence-corrected chi connectivity index (χ0v) is 30.9. The van der Waals surface area contributed by atoms with Gasteiger partial charge in [-0.3, -0.25) is 0 Å². The van der Waals surface area contributed by atoms with Crippen molar-refractivity contribution in [2.75, 3.05) is 26.7 Å². The lowest BCUT2D eigenvalue weighted by atomic mass is 10.0. The summed E-state index contributed by atoms with van der Waals surface area (Å²) in [7, 11) is 1.59. The van der Waals surface area contributed by atoms with E-state index in [1.165, 1.54) is 11.3 Å². The molecule has 2 atom stereocenters. The van der Waals surface area contributed by atoms with Crippen LogP contribution >= 0.6 is 23.2 Å². The first-order valence-electron chi connectivity index (χ1n) is 16.8. The van der Waals surface area contributed by atoms with Crippen LogP contribution in [0.25, 0.3) is 11.4 Å². The van der Waals surface area contributed by atoms with E-state index < -0.39 is 0 Å². The van der Waals surface area contributed by atoms with Crippen molar-refractivity contribution in [2.24, 2.45) is 5.92 Å². The highest BCUT2D eigenvalue weighted by Gasteiger charge is 2.22. The van der Waals surface area contributed by atoms with Gasteiger partial charge in [0.2, 0.25) is 0 Å². The molecule has 2 unspecified atom stereocenters.